The second-order valence-corrected chi connectivity index (χ2v) is 4.26. The molecule has 1 aromatic rings. The largest absolute Gasteiger partial charge is 0.465 e. The molecule has 0 saturated carbocycles. The van der Waals surface area contributed by atoms with Crippen molar-refractivity contribution in [1.29, 1.82) is 0 Å². The van der Waals surface area contributed by atoms with E-state index in [9.17, 15) is 0 Å². The summed E-state index contributed by atoms with van der Waals surface area (Å²) in [6.07, 6.45) is -1.33. The van der Waals surface area contributed by atoms with Crippen molar-refractivity contribution in [3.63, 3.8) is 0 Å². The van der Waals surface area contributed by atoms with Gasteiger partial charge in [0.05, 0.1) is 0 Å². The fourth-order valence-corrected chi connectivity index (χ4v) is 0.943. The molecule has 1 amide bonds. The van der Waals surface area contributed by atoms with Gasteiger partial charge >= 0.3 is 6.09 Å². The molecule has 0 aliphatic heterocycles. The molecule has 3 N–H and O–H groups in total. The van der Waals surface area contributed by atoms with Crippen LogP contribution in [0.1, 0.15) is 0 Å². The molecule has 0 saturated heterocycles. The zero-order valence-electron chi connectivity index (χ0n) is 12.1. The SMILES string of the molecule is CN(C)c1nc(N(C)C)nc(N(C)C)n1.NC(=O)O. The minimum Gasteiger partial charge on any atom is -0.465 e. The molecule has 0 aromatic carbocycles. The van der Waals surface area contributed by atoms with Crippen LogP contribution < -0.4 is 20.4 Å². The summed E-state index contributed by atoms with van der Waals surface area (Å²) in [7, 11) is 11.5. The third-order valence-corrected chi connectivity index (χ3v) is 1.80. The van der Waals surface area contributed by atoms with Gasteiger partial charge in [0.15, 0.2) is 0 Å². The van der Waals surface area contributed by atoms with E-state index in [1.54, 1.807) is 0 Å². The molecular formula is C10H21N7O2. The molecule has 1 aromatic heterocycles. The van der Waals surface area contributed by atoms with Crippen LogP contribution in [0, 0.1) is 0 Å². The molecular weight excluding hydrogens is 250 g/mol. The molecule has 108 valence electrons. The zero-order chi connectivity index (χ0) is 15.2. The Morgan fingerprint density at radius 1 is 0.842 bits per heavy atom. The minimum atomic E-state index is -1.33. The van der Waals surface area contributed by atoms with Crippen LogP contribution in [0.15, 0.2) is 0 Å². The molecule has 19 heavy (non-hydrogen) atoms. The number of aromatic nitrogens is 3. The Morgan fingerprint density at radius 3 is 1.11 bits per heavy atom. The van der Waals surface area contributed by atoms with Gasteiger partial charge in [0.25, 0.3) is 0 Å². The van der Waals surface area contributed by atoms with Gasteiger partial charge in [-0.05, 0) is 0 Å². The zero-order valence-corrected chi connectivity index (χ0v) is 12.1. The van der Waals surface area contributed by atoms with Crippen LogP contribution in [0.2, 0.25) is 0 Å². The fraction of sp³-hybridized carbons (Fsp3) is 0.600. The maximum absolute atomic E-state index is 8.78. The summed E-state index contributed by atoms with van der Waals surface area (Å²) in [5, 5.41) is 7.19. The normalized spacial score (nSPS) is 9.16. The molecule has 0 fully saturated rings. The van der Waals surface area contributed by atoms with Crippen molar-refractivity contribution in [2.24, 2.45) is 5.73 Å². The van der Waals surface area contributed by atoms with E-state index in [4.69, 9.17) is 9.90 Å². The van der Waals surface area contributed by atoms with Gasteiger partial charge in [0, 0.05) is 42.3 Å². The Labute approximate surface area is 112 Å². The fourth-order valence-electron chi connectivity index (χ4n) is 0.943. The van der Waals surface area contributed by atoms with Crippen molar-refractivity contribution in [1.82, 2.24) is 15.0 Å². The Hall–Kier alpha value is -2.32. The van der Waals surface area contributed by atoms with Crippen LogP contribution in [-0.2, 0) is 0 Å². The number of anilines is 3. The number of hydrogen-bond acceptors (Lipinski definition) is 7. The number of carbonyl (C=O) groups is 1. The third-order valence-electron chi connectivity index (χ3n) is 1.80. The standard InChI is InChI=1S/C9H18N6.CH3NO2/c1-13(2)7-10-8(14(3)4)12-9(11-7)15(5)6;2-1(3)4/h1-6H3;2H2,(H,3,4). The lowest BCUT2D eigenvalue weighted by Crippen LogP contribution is -2.22. The summed E-state index contributed by atoms with van der Waals surface area (Å²) in [6.45, 7) is 0. The monoisotopic (exact) mass is 271 g/mol. The van der Waals surface area contributed by atoms with E-state index in [-0.39, 0.29) is 0 Å². The highest BCUT2D eigenvalue weighted by molar-refractivity contribution is 5.61. The van der Waals surface area contributed by atoms with Crippen molar-refractivity contribution in [2.75, 3.05) is 57.0 Å². The van der Waals surface area contributed by atoms with Crippen LogP contribution in [0.25, 0.3) is 0 Å². The average Bonchev–Trinajstić information content (AvgIpc) is 2.27. The first-order valence-corrected chi connectivity index (χ1v) is 5.41. The Balaban J connectivity index is 0.000000711. The molecule has 0 aliphatic carbocycles. The lowest BCUT2D eigenvalue weighted by molar-refractivity contribution is 0.205. The number of nitrogens with zero attached hydrogens (tertiary/aromatic N) is 6. The molecule has 0 atom stereocenters. The molecule has 0 unspecified atom stereocenters. The van der Waals surface area contributed by atoms with Crippen LogP contribution in [0.4, 0.5) is 22.6 Å². The lowest BCUT2D eigenvalue weighted by Gasteiger charge is -2.18. The topological polar surface area (TPSA) is 112 Å². The molecule has 0 aliphatic rings. The number of amides is 1. The van der Waals surface area contributed by atoms with Gasteiger partial charge in [-0.15, -0.1) is 0 Å². The maximum Gasteiger partial charge on any atom is 0.402 e. The van der Waals surface area contributed by atoms with Crippen molar-refractivity contribution in [2.45, 2.75) is 0 Å². The molecule has 1 rings (SSSR count). The Kier molecular flexibility index (Phi) is 6.31. The number of rotatable bonds is 3. The van der Waals surface area contributed by atoms with Gasteiger partial charge in [-0.1, -0.05) is 0 Å². The van der Waals surface area contributed by atoms with Crippen molar-refractivity contribution >= 4 is 23.9 Å². The highest BCUT2D eigenvalue weighted by Gasteiger charge is 2.10. The number of hydrogen-bond donors (Lipinski definition) is 2. The number of nitrogens with two attached hydrogens (primary N) is 1. The molecule has 9 heteroatoms. The molecule has 0 spiro atoms. The average molecular weight is 271 g/mol. The van der Waals surface area contributed by atoms with Gasteiger partial charge in [0.1, 0.15) is 0 Å². The highest BCUT2D eigenvalue weighted by atomic mass is 16.4. The van der Waals surface area contributed by atoms with Gasteiger partial charge in [-0.25, -0.2) is 4.79 Å². The van der Waals surface area contributed by atoms with Gasteiger partial charge in [0.2, 0.25) is 17.8 Å². The molecule has 9 nitrogen and oxygen atoms in total. The summed E-state index contributed by atoms with van der Waals surface area (Å²) in [5.74, 6) is 1.99. The minimum absolute atomic E-state index is 0.664. The molecule has 1 heterocycles. The van der Waals surface area contributed by atoms with E-state index >= 15 is 0 Å². The summed E-state index contributed by atoms with van der Waals surface area (Å²) in [6, 6.07) is 0. The van der Waals surface area contributed by atoms with E-state index in [2.05, 4.69) is 20.7 Å². The Morgan fingerprint density at radius 2 is 1.00 bits per heavy atom. The van der Waals surface area contributed by atoms with Gasteiger partial charge in [-0.2, -0.15) is 15.0 Å². The van der Waals surface area contributed by atoms with Crippen molar-refractivity contribution in [3.05, 3.63) is 0 Å². The number of carboxylic acid groups (broad SMARTS) is 1. The first-order chi connectivity index (χ1) is 8.65. The van der Waals surface area contributed by atoms with E-state index in [0.717, 1.165) is 0 Å². The predicted molar refractivity (Wildman–Crippen MR) is 75.0 cm³/mol. The summed E-state index contributed by atoms with van der Waals surface area (Å²) in [5.41, 5.74) is 4.03. The Bertz CT molecular complexity index is 352. The van der Waals surface area contributed by atoms with Gasteiger partial charge in [-0.3, -0.25) is 0 Å². The molecule has 0 radical (unpaired) electrons. The predicted octanol–water partition coefficient (Wildman–Crippen LogP) is -0.307. The van der Waals surface area contributed by atoms with E-state index in [1.165, 1.54) is 0 Å². The summed E-state index contributed by atoms with van der Waals surface area (Å²) < 4.78 is 0. The van der Waals surface area contributed by atoms with Crippen LogP contribution in [-0.4, -0.2) is 68.4 Å². The summed E-state index contributed by atoms with van der Waals surface area (Å²) in [4.78, 5) is 27.3. The molecule has 0 bridgehead atoms. The quantitative estimate of drug-likeness (QED) is 0.770. The third kappa shape index (κ3) is 6.24. The van der Waals surface area contributed by atoms with E-state index < -0.39 is 6.09 Å². The van der Waals surface area contributed by atoms with Gasteiger partial charge < -0.3 is 25.5 Å². The summed E-state index contributed by atoms with van der Waals surface area (Å²) >= 11 is 0. The first kappa shape index (κ1) is 16.7. The second kappa shape index (κ2) is 7.19. The van der Waals surface area contributed by atoms with E-state index in [1.807, 2.05) is 57.0 Å². The van der Waals surface area contributed by atoms with Crippen molar-refractivity contribution < 1.29 is 9.90 Å². The number of primary amides is 1. The lowest BCUT2D eigenvalue weighted by atomic mass is 10.7. The van der Waals surface area contributed by atoms with Crippen LogP contribution in [0.3, 0.4) is 0 Å². The maximum atomic E-state index is 8.78. The second-order valence-electron chi connectivity index (χ2n) is 4.26. The van der Waals surface area contributed by atoms with Crippen LogP contribution in [0.5, 0.6) is 0 Å². The first-order valence-electron chi connectivity index (χ1n) is 5.41. The van der Waals surface area contributed by atoms with E-state index in [0.29, 0.717) is 17.8 Å². The highest BCUT2D eigenvalue weighted by Crippen LogP contribution is 2.14. The van der Waals surface area contributed by atoms with Crippen molar-refractivity contribution in [3.8, 4) is 0 Å². The smallest absolute Gasteiger partial charge is 0.402 e. The van der Waals surface area contributed by atoms with Crippen LogP contribution >= 0.6 is 0 Å².